The van der Waals surface area contributed by atoms with Crippen LogP contribution < -0.4 is 0 Å². The maximum Gasteiger partial charge on any atom is 0.151 e. The lowest BCUT2D eigenvalue weighted by Gasteiger charge is -2.24. The molecule has 0 aromatic heterocycles. The van der Waals surface area contributed by atoms with Gasteiger partial charge in [0.1, 0.15) is 0 Å². The molecule has 3 heteroatoms. The van der Waals surface area contributed by atoms with Crippen LogP contribution in [0.25, 0.3) is 0 Å². The topological polar surface area (TPSA) is 34.1 Å². The van der Waals surface area contributed by atoms with Crippen LogP contribution in [0.5, 0.6) is 0 Å². The van der Waals surface area contributed by atoms with Gasteiger partial charge in [-0.15, -0.1) is 0 Å². The van der Waals surface area contributed by atoms with Crippen LogP contribution in [0.3, 0.4) is 0 Å². The SMILES string of the molecule is [CH2]S(=O)(=O)CCC1CCC1. The van der Waals surface area contributed by atoms with Gasteiger partial charge in [0.25, 0.3) is 0 Å². The average molecular weight is 161 g/mol. The van der Waals surface area contributed by atoms with E-state index < -0.39 is 9.84 Å². The molecule has 0 saturated heterocycles. The normalized spacial score (nSPS) is 20.5. The van der Waals surface area contributed by atoms with Gasteiger partial charge in [-0.1, -0.05) is 19.3 Å². The first-order chi connectivity index (χ1) is 4.58. The monoisotopic (exact) mass is 161 g/mol. The predicted octanol–water partition coefficient (Wildman–Crippen LogP) is 1.38. The van der Waals surface area contributed by atoms with E-state index in [1.54, 1.807) is 0 Å². The maximum atomic E-state index is 10.6. The molecule has 0 N–H and O–H groups in total. The Kier molecular flexibility index (Phi) is 2.34. The molecular formula is C7H13O2S. The number of hydrogen-bond acceptors (Lipinski definition) is 2. The van der Waals surface area contributed by atoms with E-state index in [0.717, 1.165) is 6.42 Å². The molecule has 1 fully saturated rings. The van der Waals surface area contributed by atoms with Gasteiger partial charge in [0, 0.05) is 0 Å². The molecule has 2 nitrogen and oxygen atoms in total. The van der Waals surface area contributed by atoms with Crippen LogP contribution in [-0.2, 0) is 9.84 Å². The van der Waals surface area contributed by atoms with Crippen LogP contribution >= 0.6 is 0 Å². The Hall–Kier alpha value is -0.0500. The summed E-state index contributed by atoms with van der Waals surface area (Å²) < 4.78 is 21.1. The Balaban J connectivity index is 2.16. The van der Waals surface area contributed by atoms with E-state index in [2.05, 4.69) is 6.26 Å². The van der Waals surface area contributed by atoms with Crippen molar-refractivity contribution in [1.29, 1.82) is 0 Å². The Bertz CT molecular complexity index is 190. The van der Waals surface area contributed by atoms with Crippen LogP contribution in [0.15, 0.2) is 0 Å². The molecule has 1 rings (SSSR count). The van der Waals surface area contributed by atoms with Crippen molar-refractivity contribution in [2.45, 2.75) is 25.7 Å². The van der Waals surface area contributed by atoms with Crippen LogP contribution in [0.1, 0.15) is 25.7 Å². The first kappa shape index (κ1) is 8.05. The lowest BCUT2D eigenvalue weighted by molar-refractivity contribution is 0.307. The van der Waals surface area contributed by atoms with Crippen LogP contribution in [0.2, 0.25) is 0 Å². The van der Waals surface area contributed by atoms with Crippen molar-refractivity contribution in [2.24, 2.45) is 5.92 Å². The Morgan fingerprint density at radius 1 is 1.40 bits per heavy atom. The van der Waals surface area contributed by atoms with Crippen LogP contribution in [0, 0.1) is 12.2 Å². The first-order valence-electron chi connectivity index (χ1n) is 3.64. The molecule has 0 unspecified atom stereocenters. The van der Waals surface area contributed by atoms with Gasteiger partial charge in [-0.05, 0) is 12.3 Å². The molecular weight excluding hydrogens is 148 g/mol. The summed E-state index contributed by atoms with van der Waals surface area (Å²) in [6.45, 7) is 0. The average Bonchev–Trinajstić information content (AvgIpc) is 1.56. The van der Waals surface area contributed by atoms with E-state index in [1.165, 1.54) is 19.3 Å². The van der Waals surface area contributed by atoms with Gasteiger partial charge in [0.2, 0.25) is 0 Å². The summed E-state index contributed by atoms with van der Waals surface area (Å²) in [5, 5.41) is 0. The second-order valence-electron chi connectivity index (χ2n) is 3.03. The summed E-state index contributed by atoms with van der Waals surface area (Å²) in [6.07, 6.45) is 7.61. The fourth-order valence-corrected chi connectivity index (χ4v) is 1.82. The summed E-state index contributed by atoms with van der Waals surface area (Å²) in [7, 11) is -2.95. The molecule has 0 heterocycles. The second kappa shape index (κ2) is 2.91. The molecule has 0 spiro atoms. The molecule has 0 aromatic rings. The molecule has 1 radical (unpaired) electrons. The number of hydrogen-bond donors (Lipinski definition) is 0. The zero-order valence-corrected chi connectivity index (χ0v) is 6.86. The molecule has 1 aliphatic carbocycles. The van der Waals surface area contributed by atoms with E-state index in [9.17, 15) is 8.42 Å². The van der Waals surface area contributed by atoms with E-state index in [1.807, 2.05) is 0 Å². The number of sulfone groups is 1. The van der Waals surface area contributed by atoms with Gasteiger partial charge >= 0.3 is 0 Å². The fraction of sp³-hybridized carbons (Fsp3) is 0.857. The third-order valence-corrected chi connectivity index (χ3v) is 2.92. The van der Waals surface area contributed by atoms with Crippen molar-refractivity contribution in [3.8, 4) is 0 Å². The van der Waals surface area contributed by atoms with Gasteiger partial charge < -0.3 is 0 Å². The van der Waals surface area contributed by atoms with E-state index in [4.69, 9.17) is 0 Å². The van der Waals surface area contributed by atoms with E-state index in [-0.39, 0.29) is 5.75 Å². The summed E-state index contributed by atoms with van der Waals surface area (Å²) in [5.41, 5.74) is 0. The molecule has 1 aliphatic rings. The Morgan fingerprint density at radius 2 is 2.00 bits per heavy atom. The van der Waals surface area contributed by atoms with E-state index >= 15 is 0 Å². The van der Waals surface area contributed by atoms with Crippen molar-refractivity contribution in [1.82, 2.24) is 0 Å². The third kappa shape index (κ3) is 2.69. The molecule has 0 atom stereocenters. The van der Waals surface area contributed by atoms with Gasteiger partial charge in [0.15, 0.2) is 9.84 Å². The van der Waals surface area contributed by atoms with Gasteiger partial charge in [-0.25, -0.2) is 8.42 Å². The largest absolute Gasteiger partial charge is 0.229 e. The minimum Gasteiger partial charge on any atom is -0.229 e. The Labute approximate surface area is 62.5 Å². The van der Waals surface area contributed by atoms with Crippen LogP contribution in [-0.4, -0.2) is 14.2 Å². The lowest BCUT2D eigenvalue weighted by Crippen LogP contribution is -2.15. The first-order valence-corrected chi connectivity index (χ1v) is 5.46. The summed E-state index contributed by atoms with van der Waals surface area (Å²) >= 11 is 0. The highest BCUT2D eigenvalue weighted by Gasteiger charge is 2.18. The van der Waals surface area contributed by atoms with Crippen molar-refractivity contribution in [3.05, 3.63) is 6.26 Å². The molecule has 0 bridgehead atoms. The fourth-order valence-electron chi connectivity index (χ4n) is 1.13. The second-order valence-corrected chi connectivity index (χ2v) is 4.93. The molecule has 0 aliphatic heterocycles. The molecule has 10 heavy (non-hydrogen) atoms. The summed E-state index contributed by atoms with van der Waals surface area (Å²) in [4.78, 5) is 0. The zero-order chi connectivity index (χ0) is 7.61. The van der Waals surface area contributed by atoms with Crippen molar-refractivity contribution >= 4 is 9.84 Å². The Morgan fingerprint density at radius 3 is 2.30 bits per heavy atom. The number of rotatable bonds is 3. The van der Waals surface area contributed by atoms with Gasteiger partial charge in [-0.3, -0.25) is 0 Å². The van der Waals surface area contributed by atoms with Gasteiger partial charge in [0.05, 0.1) is 12.0 Å². The molecule has 0 aromatic carbocycles. The van der Waals surface area contributed by atoms with E-state index in [0.29, 0.717) is 5.92 Å². The van der Waals surface area contributed by atoms with Crippen molar-refractivity contribution < 1.29 is 8.42 Å². The highest BCUT2D eigenvalue weighted by Crippen LogP contribution is 2.29. The smallest absolute Gasteiger partial charge is 0.151 e. The van der Waals surface area contributed by atoms with Gasteiger partial charge in [-0.2, -0.15) is 0 Å². The minimum atomic E-state index is -2.95. The van der Waals surface area contributed by atoms with Crippen molar-refractivity contribution in [3.63, 3.8) is 0 Å². The lowest BCUT2D eigenvalue weighted by atomic mass is 9.84. The minimum absolute atomic E-state index is 0.275. The summed E-state index contributed by atoms with van der Waals surface area (Å²) in [6, 6.07) is 0. The summed E-state index contributed by atoms with van der Waals surface area (Å²) in [5.74, 6) is 0.953. The highest BCUT2D eigenvalue weighted by atomic mass is 32.2. The highest BCUT2D eigenvalue weighted by molar-refractivity contribution is 7.92. The van der Waals surface area contributed by atoms with Crippen LogP contribution in [0.4, 0.5) is 0 Å². The predicted molar refractivity (Wildman–Crippen MR) is 41.1 cm³/mol. The maximum absolute atomic E-state index is 10.6. The van der Waals surface area contributed by atoms with Crippen molar-refractivity contribution in [2.75, 3.05) is 5.75 Å². The zero-order valence-electron chi connectivity index (χ0n) is 6.04. The molecule has 59 valence electrons. The quantitative estimate of drug-likeness (QED) is 0.626. The molecule has 0 amide bonds. The molecule has 1 saturated carbocycles. The third-order valence-electron chi connectivity index (χ3n) is 2.06. The standard InChI is InChI=1S/C7H13O2S/c1-10(8,9)6-5-7-3-2-4-7/h7H,1-6H2.